The van der Waals surface area contributed by atoms with E-state index in [1.54, 1.807) is 4.90 Å². The number of hydrogen-bond donors (Lipinski definition) is 0. The van der Waals surface area contributed by atoms with Gasteiger partial charge in [-0.3, -0.25) is 4.79 Å². The number of halogens is 2. The standard InChI is InChI=1S/C18H18ClFN4O/c1-10-16-15(21-11(2)22-17(16)23-4-3-5-23)9-24(10)18(25)12-6-13(19)8-14(20)7-12/h6-8,10H,3-5,9H2,1-2H3. The predicted octanol–water partition coefficient (Wildman–Crippen LogP) is 3.50. The number of fused-ring (bicyclic) bond motifs is 1. The first-order valence-corrected chi connectivity index (χ1v) is 8.71. The molecule has 1 amide bonds. The molecule has 1 atom stereocenters. The van der Waals surface area contributed by atoms with Crippen LogP contribution in [-0.4, -0.2) is 33.9 Å². The van der Waals surface area contributed by atoms with Gasteiger partial charge in [0.15, 0.2) is 0 Å². The Morgan fingerprint density at radius 3 is 2.68 bits per heavy atom. The molecule has 3 heterocycles. The van der Waals surface area contributed by atoms with Crippen molar-refractivity contribution in [3.8, 4) is 0 Å². The average molecular weight is 361 g/mol. The van der Waals surface area contributed by atoms with Crippen LogP contribution in [0.25, 0.3) is 0 Å². The van der Waals surface area contributed by atoms with Gasteiger partial charge in [-0.2, -0.15) is 0 Å². The molecule has 1 aromatic carbocycles. The van der Waals surface area contributed by atoms with Gasteiger partial charge in [-0.1, -0.05) is 11.6 Å². The molecule has 25 heavy (non-hydrogen) atoms. The first-order chi connectivity index (χ1) is 11.9. The minimum atomic E-state index is -0.517. The Labute approximate surface area is 150 Å². The van der Waals surface area contributed by atoms with E-state index in [2.05, 4.69) is 14.9 Å². The van der Waals surface area contributed by atoms with Crippen molar-refractivity contribution >= 4 is 23.3 Å². The maximum Gasteiger partial charge on any atom is 0.254 e. The number of aryl methyl sites for hydroxylation is 1. The fourth-order valence-corrected chi connectivity index (χ4v) is 3.71. The summed E-state index contributed by atoms with van der Waals surface area (Å²) in [4.78, 5) is 26.0. The largest absolute Gasteiger partial charge is 0.356 e. The second-order valence-electron chi connectivity index (χ2n) is 6.56. The highest BCUT2D eigenvalue weighted by Gasteiger charge is 2.37. The molecular formula is C18H18ClFN4O. The van der Waals surface area contributed by atoms with E-state index in [4.69, 9.17) is 11.6 Å². The highest BCUT2D eigenvalue weighted by molar-refractivity contribution is 6.31. The SMILES string of the molecule is Cc1nc2c(c(N3CCC3)n1)C(C)N(C(=O)c1cc(F)cc(Cl)c1)C2. The van der Waals surface area contributed by atoms with Crippen molar-refractivity contribution in [3.63, 3.8) is 0 Å². The van der Waals surface area contributed by atoms with Gasteiger partial charge in [0.1, 0.15) is 17.5 Å². The molecule has 5 nitrogen and oxygen atoms in total. The van der Waals surface area contributed by atoms with Crippen LogP contribution in [0.4, 0.5) is 10.2 Å². The number of hydrogen-bond acceptors (Lipinski definition) is 4. The van der Waals surface area contributed by atoms with Crippen molar-refractivity contribution in [3.05, 3.63) is 51.7 Å². The Hall–Kier alpha value is -2.21. The Balaban J connectivity index is 1.70. The molecule has 7 heteroatoms. The fraction of sp³-hybridized carbons (Fsp3) is 0.389. The molecular weight excluding hydrogens is 343 g/mol. The van der Waals surface area contributed by atoms with E-state index >= 15 is 0 Å². The highest BCUT2D eigenvalue weighted by Crippen LogP contribution is 2.40. The van der Waals surface area contributed by atoms with Crippen LogP contribution in [0.3, 0.4) is 0 Å². The molecule has 130 valence electrons. The highest BCUT2D eigenvalue weighted by atomic mass is 35.5. The van der Waals surface area contributed by atoms with Crippen molar-refractivity contribution in [1.29, 1.82) is 0 Å². The van der Waals surface area contributed by atoms with Gasteiger partial charge in [0, 0.05) is 29.2 Å². The first-order valence-electron chi connectivity index (χ1n) is 8.33. The minimum Gasteiger partial charge on any atom is -0.356 e. The van der Waals surface area contributed by atoms with Gasteiger partial charge in [-0.05, 0) is 38.5 Å². The predicted molar refractivity (Wildman–Crippen MR) is 93.3 cm³/mol. The average Bonchev–Trinajstić information content (AvgIpc) is 2.80. The Morgan fingerprint density at radius 1 is 1.28 bits per heavy atom. The lowest BCUT2D eigenvalue weighted by Crippen LogP contribution is -2.39. The molecule has 4 rings (SSSR count). The minimum absolute atomic E-state index is 0.166. The quantitative estimate of drug-likeness (QED) is 0.822. The number of nitrogens with zero attached hydrogens (tertiary/aromatic N) is 4. The summed E-state index contributed by atoms with van der Waals surface area (Å²) >= 11 is 5.90. The third-order valence-corrected chi connectivity index (χ3v) is 5.07. The van der Waals surface area contributed by atoms with Gasteiger partial charge < -0.3 is 9.80 Å². The summed E-state index contributed by atoms with van der Waals surface area (Å²) in [6, 6.07) is 3.74. The number of carbonyl (C=O) groups excluding carboxylic acids is 1. The van der Waals surface area contributed by atoms with Crippen molar-refractivity contribution in [2.45, 2.75) is 32.9 Å². The lowest BCUT2D eigenvalue weighted by Gasteiger charge is -2.34. The zero-order chi connectivity index (χ0) is 17.7. The molecule has 0 aliphatic carbocycles. The maximum atomic E-state index is 13.6. The van der Waals surface area contributed by atoms with Crippen LogP contribution in [0.2, 0.25) is 5.02 Å². The zero-order valence-corrected chi connectivity index (χ0v) is 14.8. The summed E-state index contributed by atoms with van der Waals surface area (Å²) in [5.41, 5.74) is 2.12. The van der Waals surface area contributed by atoms with Crippen LogP contribution in [-0.2, 0) is 6.54 Å². The molecule has 1 unspecified atom stereocenters. The van der Waals surface area contributed by atoms with E-state index in [1.807, 2.05) is 13.8 Å². The molecule has 0 radical (unpaired) electrons. The lowest BCUT2D eigenvalue weighted by atomic mass is 10.1. The van der Waals surface area contributed by atoms with Crippen molar-refractivity contribution in [1.82, 2.24) is 14.9 Å². The molecule has 0 bridgehead atoms. The number of benzene rings is 1. The maximum absolute atomic E-state index is 13.6. The van der Waals surface area contributed by atoms with Gasteiger partial charge in [0.25, 0.3) is 5.91 Å². The van der Waals surface area contributed by atoms with Crippen LogP contribution < -0.4 is 4.90 Å². The second-order valence-corrected chi connectivity index (χ2v) is 7.00. The number of rotatable bonds is 2. The van der Waals surface area contributed by atoms with E-state index in [-0.39, 0.29) is 22.5 Å². The van der Waals surface area contributed by atoms with E-state index in [0.717, 1.165) is 36.6 Å². The zero-order valence-electron chi connectivity index (χ0n) is 14.1. The summed E-state index contributed by atoms with van der Waals surface area (Å²) in [6.07, 6.45) is 1.15. The first kappa shape index (κ1) is 16.3. The monoisotopic (exact) mass is 360 g/mol. The van der Waals surface area contributed by atoms with Gasteiger partial charge in [0.05, 0.1) is 18.3 Å². The van der Waals surface area contributed by atoms with E-state index in [9.17, 15) is 9.18 Å². The van der Waals surface area contributed by atoms with Crippen molar-refractivity contribution < 1.29 is 9.18 Å². The molecule has 0 saturated carbocycles. The third-order valence-electron chi connectivity index (χ3n) is 4.85. The second kappa shape index (κ2) is 5.95. The van der Waals surface area contributed by atoms with Crippen LogP contribution in [0.15, 0.2) is 18.2 Å². The normalized spacial score (nSPS) is 19.0. The summed E-state index contributed by atoms with van der Waals surface area (Å²) < 4.78 is 13.6. The Bertz CT molecular complexity index is 848. The molecule has 2 aliphatic heterocycles. The van der Waals surface area contributed by atoms with Crippen LogP contribution in [0.1, 0.15) is 46.8 Å². The smallest absolute Gasteiger partial charge is 0.254 e. The van der Waals surface area contributed by atoms with E-state index in [1.165, 1.54) is 18.2 Å². The summed E-state index contributed by atoms with van der Waals surface area (Å²) in [7, 11) is 0. The Morgan fingerprint density at radius 2 is 2.04 bits per heavy atom. The van der Waals surface area contributed by atoms with E-state index in [0.29, 0.717) is 12.4 Å². The van der Waals surface area contributed by atoms with E-state index < -0.39 is 5.82 Å². The van der Waals surface area contributed by atoms with Gasteiger partial charge >= 0.3 is 0 Å². The number of anilines is 1. The summed E-state index contributed by atoms with van der Waals surface area (Å²) in [5, 5.41) is 0.213. The molecule has 0 N–H and O–H groups in total. The molecule has 2 aromatic rings. The molecule has 1 saturated heterocycles. The molecule has 0 spiro atoms. The summed E-state index contributed by atoms with van der Waals surface area (Å²) in [5.74, 6) is 0.862. The molecule has 2 aliphatic rings. The number of aromatic nitrogens is 2. The lowest BCUT2D eigenvalue weighted by molar-refractivity contribution is 0.0703. The van der Waals surface area contributed by atoms with Gasteiger partial charge in [-0.25, -0.2) is 14.4 Å². The Kier molecular flexibility index (Phi) is 3.87. The van der Waals surface area contributed by atoms with Crippen LogP contribution in [0, 0.1) is 12.7 Å². The van der Waals surface area contributed by atoms with Crippen LogP contribution in [0.5, 0.6) is 0 Å². The third kappa shape index (κ3) is 2.74. The summed E-state index contributed by atoms with van der Waals surface area (Å²) in [6.45, 7) is 6.18. The number of amides is 1. The van der Waals surface area contributed by atoms with Gasteiger partial charge in [-0.15, -0.1) is 0 Å². The topological polar surface area (TPSA) is 49.3 Å². The molecule has 1 aromatic heterocycles. The van der Waals surface area contributed by atoms with Crippen molar-refractivity contribution in [2.24, 2.45) is 0 Å². The number of carbonyl (C=O) groups is 1. The van der Waals surface area contributed by atoms with Crippen molar-refractivity contribution in [2.75, 3.05) is 18.0 Å². The van der Waals surface area contributed by atoms with Gasteiger partial charge in [0.2, 0.25) is 0 Å². The fourth-order valence-electron chi connectivity index (χ4n) is 3.49. The molecule has 1 fully saturated rings. The van der Waals surface area contributed by atoms with Crippen LogP contribution >= 0.6 is 11.6 Å².